The smallest absolute Gasteiger partial charge is 0.230 e. The number of hydrogen-bond acceptors (Lipinski definition) is 2. The molecule has 1 fully saturated rings. The summed E-state index contributed by atoms with van der Waals surface area (Å²) < 4.78 is 5.31. The molecule has 1 aromatic rings. The van der Waals surface area contributed by atoms with Gasteiger partial charge >= 0.3 is 0 Å². The van der Waals surface area contributed by atoms with Crippen molar-refractivity contribution in [3.05, 3.63) is 29.3 Å². The van der Waals surface area contributed by atoms with Gasteiger partial charge in [-0.2, -0.15) is 0 Å². The van der Waals surface area contributed by atoms with Crippen molar-refractivity contribution >= 4 is 11.6 Å². The molecule has 0 aromatic heterocycles. The number of aryl methyl sites for hydroxylation is 2. The average Bonchev–Trinajstić information content (AvgIpc) is 2.42. The van der Waals surface area contributed by atoms with Gasteiger partial charge in [-0.15, -0.1) is 0 Å². The molecule has 4 heteroatoms. The van der Waals surface area contributed by atoms with Crippen molar-refractivity contribution in [1.29, 1.82) is 0 Å². The quantitative estimate of drug-likeness (QED) is 0.833. The minimum Gasteiger partial charge on any atom is -0.370 e. The van der Waals surface area contributed by atoms with Gasteiger partial charge in [0.2, 0.25) is 5.91 Å². The number of ether oxygens (including phenoxy) is 1. The molecule has 0 atom stereocenters. The summed E-state index contributed by atoms with van der Waals surface area (Å²) in [5.41, 5.74) is 3.21. The Morgan fingerprint density at radius 2 is 2.05 bits per heavy atom. The normalized spacial score (nSPS) is 16.3. The molecule has 1 aliphatic heterocycles. The molecule has 1 aromatic carbocycles. The van der Waals surface area contributed by atoms with Crippen molar-refractivity contribution in [2.75, 3.05) is 38.2 Å². The van der Waals surface area contributed by atoms with E-state index in [9.17, 15) is 4.79 Å². The average molecular weight is 263 g/mol. The number of carbonyl (C=O) groups is 1. The number of nitrogens with one attached hydrogen (secondary N) is 2. The summed E-state index contributed by atoms with van der Waals surface area (Å²) in [5, 5.41) is 3.01. The van der Waals surface area contributed by atoms with Gasteiger partial charge in [-0.25, -0.2) is 0 Å². The zero-order valence-corrected chi connectivity index (χ0v) is 11.8. The van der Waals surface area contributed by atoms with Crippen molar-refractivity contribution in [2.24, 2.45) is 0 Å². The second-order valence-corrected chi connectivity index (χ2v) is 5.23. The SMILES string of the molecule is Cc1ccc(C)c(NC(=O)CC[NH+]2CCOCC2)c1. The van der Waals surface area contributed by atoms with Crippen LogP contribution in [0.1, 0.15) is 17.5 Å². The van der Waals surface area contributed by atoms with Crippen molar-refractivity contribution in [2.45, 2.75) is 20.3 Å². The van der Waals surface area contributed by atoms with Crippen molar-refractivity contribution in [1.82, 2.24) is 0 Å². The highest BCUT2D eigenvalue weighted by Gasteiger charge is 2.15. The number of quaternary nitrogens is 1. The first-order chi connectivity index (χ1) is 9.15. The number of amides is 1. The molecule has 104 valence electrons. The lowest BCUT2D eigenvalue weighted by atomic mass is 10.1. The van der Waals surface area contributed by atoms with Crippen molar-refractivity contribution < 1.29 is 14.4 Å². The van der Waals surface area contributed by atoms with E-state index in [-0.39, 0.29) is 5.91 Å². The topological polar surface area (TPSA) is 42.8 Å². The lowest BCUT2D eigenvalue weighted by Gasteiger charge is -2.23. The zero-order chi connectivity index (χ0) is 13.7. The van der Waals surface area contributed by atoms with E-state index < -0.39 is 0 Å². The first-order valence-corrected chi connectivity index (χ1v) is 6.93. The molecule has 2 rings (SSSR count). The van der Waals surface area contributed by atoms with Crippen LogP contribution in [0.3, 0.4) is 0 Å². The number of morpholine rings is 1. The van der Waals surface area contributed by atoms with Gasteiger partial charge < -0.3 is 15.0 Å². The Labute approximate surface area is 114 Å². The van der Waals surface area contributed by atoms with Crippen LogP contribution in [0.4, 0.5) is 5.69 Å². The Kier molecular flexibility index (Phi) is 4.93. The highest BCUT2D eigenvalue weighted by molar-refractivity contribution is 5.91. The van der Waals surface area contributed by atoms with Crippen LogP contribution in [0.5, 0.6) is 0 Å². The van der Waals surface area contributed by atoms with Crippen molar-refractivity contribution in [3.63, 3.8) is 0 Å². The number of rotatable bonds is 4. The van der Waals surface area contributed by atoms with Gasteiger partial charge in [-0.1, -0.05) is 12.1 Å². The van der Waals surface area contributed by atoms with Crippen LogP contribution in [0.2, 0.25) is 0 Å². The van der Waals surface area contributed by atoms with E-state index in [1.54, 1.807) is 0 Å². The van der Waals surface area contributed by atoms with E-state index in [2.05, 4.69) is 11.4 Å². The zero-order valence-electron chi connectivity index (χ0n) is 11.8. The van der Waals surface area contributed by atoms with Gasteiger partial charge in [-0.3, -0.25) is 4.79 Å². The minimum absolute atomic E-state index is 0.104. The van der Waals surface area contributed by atoms with Gasteiger partial charge in [0.15, 0.2) is 0 Å². The molecule has 0 aliphatic carbocycles. The lowest BCUT2D eigenvalue weighted by molar-refractivity contribution is -0.907. The summed E-state index contributed by atoms with van der Waals surface area (Å²) in [6.07, 6.45) is 0.572. The van der Waals surface area contributed by atoms with Crippen LogP contribution in [0, 0.1) is 13.8 Å². The van der Waals surface area contributed by atoms with Crippen LogP contribution in [-0.4, -0.2) is 38.8 Å². The first kappa shape index (κ1) is 14.0. The van der Waals surface area contributed by atoms with Gasteiger partial charge in [0.05, 0.1) is 26.2 Å². The molecule has 0 bridgehead atoms. The van der Waals surface area contributed by atoms with E-state index >= 15 is 0 Å². The molecule has 0 spiro atoms. The second kappa shape index (κ2) is 6.68. The molecular formula is C15H23N2O2+. The van der Waals surface area contributed by atoms with Crippen LogP contribution < -0.4 is 10.2 Å². The summed E-state index contributed by atoms with van der Waals surface area (Å²) >= 11 is 0. The summed E-state index contributed by atoms with van der Waals surface area (Å²) in [6, 6.07) is 6.12. The Bertz CT molecular complexity index is 440. The monoisotopic (exact) mass is 263 g/mol. The van der Waals surface area contributed by atoms with Gasteiger partial charge in [0.25, 0.3) is 0 Å². The summed E-state index contributed by atoms with van der Waals surface area (Å²) in [6.45, 7) is 8.59. The fourth-order valence-corrected chi connectivity index (χ4v) is 2.28. The van der Waals surface area contributed by atoms with Crippen LogP contribution >= 0.6 is 0 Å². The maximum absolute atomic E-state index is 12.0. The second-order valence-electron chi connectivity index (χ2n) is 5.23. The lowest BCUT2D eigenvalue weighted by Crippen LogP contribution is -3.14. The standard InChI is InChI=1S/C15H22N2O2/c1-12-3-4-13(2)14(11-12)16-15(18)5-6-17-7-9-19-10-8-17/h3-4,11H,5-10H2,1-2H3,(H,16,18)/p+1. The maximum Gasteiger partial charge on any atom is 0.230 e. The molecule has 1 saturated heterocycles. The van der Waals surface area contributed by atoms with Crippen LogP contribution in [0.15, 0.2) is 18.2 Å². The van der Waals surface area contributed by atoms with Gasteiger partial charge in [0, 0.05) is 5.69 Å². The van der Waals surface area contributed by atoms with E-state index in [1.807, 2.05) is 26.0 Å². The van der Waals surface area contributed by atoms with Crippen LogP contribution in [0.25, 0.3) is 0 Å². The van der Waals surface area contributed by atoms with Crippen molar-refractivity contribution in [3.8, 4) is 0 Å². The Hall–Kier alpha value is -1.39. The Morgan fingerprint density at radius 1 is 1.32 bits per heavy atom. The van der Waals surface area contributed by atoms with E-state index in [1.165, 1.54) is 10.5 Å². The molecule has 2 N–H and O–H groups in total. The highest BCUT2D eigenvalue weighted by atomic mass is 16.5. The van der Waals surface area contributed by atoms with E-state index in [4.69, 9.17) is 4.74 Å². The largest absolute Gasteiger partial charge is 0.370 e. The minimum atomic E-state index is 0.104. The molecular weight excluding hydrogens is 240 g/mol. The molecule has 1 amide bonds. The number of hydrogen-bond donors (Lipinski definition) is 2. The highest BCUT2D eigenvalue weighted by Crippen LogP contribution is 2.16. The summed E-state index contributed by atoms with van der Waals surface area (Å²) in [4.78, 5) is 13.4. The number of benzene rings is 1. The summed E-state index contributed by atoms with van der Waals surface area (Å²) in [7, 11) is 0. The Morgan fingerprint density at radius 3 is 2.79 bits per heavy atom. The molecule has 1 aliphatic rings. The van der Waals surface area contributed by atoms with E-state index in [0.29, 0.717) is 6.42 Å². The third kappa shape index (κ3) is 4.33. The van der Waals surface area contributed by atoms with Gasteiger partial charge in [-0.05, 0) is 31.0 Å². The molecule has 0 saturated carbocycles. The fourth-order valence-electron chi connectivity index (χ4n) is 2.28. The molecule has 19 heavy (non-hydrogen) atoms. The predicted octanol–water partition coefficient (Wildman–Crippen LogP) is 0.547. The molecule has 0 radical (unpaired) electrons. The Balaban J connectivity index is 1.81. The number of anilines is 1. The molecule has 0 unspecified atom stereocenters. The summed E-state index contributed by atoms with van der Waals surface area (Å²) in [5.74, 6) is 0.104. The van der Waals surface area contributed by atoms with Gasteiger partial charge in [0.1, 0.15) is 13.1 Å². The number of carbonyl (C=O) groups excluding carboxylic acids is 1. The fraction of sp³-hybridized carbons (Fsp3) is 0.533. The third-order valence-electron chi connectivity index (χ3n) is 3.57. The maximum atomic E-state index is 12.0. The first-order valence-electron chi connectivity index (χ1n) is 6.93. The molecule has 4 nitrogen and oxygen atoms in total. The predicted molar refractivity (Wildman–Crippen MR) is 75.5 cm³/mol. The van der Waals surface area contributed by atoms with Crippen LogP contribution in [-0.2, 0) is 9.53 Å². The molecule has 1 heterocycles. The van der Waals surface area contributed by atoms with E-state index in [0.717, 1.165) is 44.1 Å². The third-order valence-corrected chi connectivity index (χ3v) is 3.57.